The van der Waals surface area contributed by atoms with Crippen LogP contribution in [0.15, 0.2) is 76.5 Å². The molecule has 152 valence electrons. The zero-order valence-corrected chi connectivity index (χ0v) is 17.1. The van der Waals surface area contributed by atoms with E-state index in [0.717, 1.165) is 11.1 Å². The Labute approximate surface area is 179 Å². The van der Waals surface area contributed by atoms with Gasteiger partial charge in [-0.2, -0.15) is 0 Å². The van der Waals surface area contributed by atoms with Crippen LogP contribution in [0.2, 0.25) is 5.02 Å². The van der Waals surface area contributed by atoms with Crippen LogP contribution in [0.3, 0.4) is 0 Å². The molecule has 0 bridgehead atoms. The molecule has 0 amide bonds. The van der Waals surface area contributed by atoms with Crippen molar-refractivity contribution >= 4 is 28.9 Å². The van der Waals surface area contributed by atoms with Gasteiger partial charge in [0.05, 0.1) is 0 Å². The summed E-state index contributed by atoms with van der Waals surface area (Å²) < 4.78 is 5.36. The van der Waals surface area contributed by atoms with Crippen molar-refractivity contribution in [1.29, 1.82) is 0 Å². The summed E-state index contributed by atoms with van der Waals surface area (Å²) >= 11 is 5.87. The number of rotatable bonds is 6. The van der Waals surface area contributed by atoms with Crippen LogP contribution in [0.1, 0.15) is 23.6 Å². The van der Waals surface area contributed by atoms with E-state index in [1.807, 2.05) is 36.4 Å². The maximum absolute atomic E-state index is 5.87. The van der Waals surface area contributed by atoms with E-state index in [0.29, 0.717) is 22.0 Å². The first-order valence-electron chi connectivity index (χ1n) is 8.87. The third kappa shape index (κ3) is 5.87. The maximum atomic E-state index is 5.87. The number of nitrogens with zero attached hydrogens (tertiary/aromatic N) is 3. The van der Waals surface area contributed by atoms with Crippen molar-refractivity contribution in [3.8, 4) is 11.8 Å². The van der Waals surface area contributed by atoms with Gasteiger partial charge in [0.1, 0.15) is 25.7 Å². The van der Waals surface area contributed by atoms with E-state index in [-0.39, 0.29) is 12.5 Å². The van der Waals surface area contributed by atoms with Crippen LogP contribution in [0, 0.1) is 11.8 Å². The second-order valence-electron chi connectivity index (χ2n) is 5.88. The fourth-order valence-corrected chi connectivity index (χ4v) is 2.53. The zero-order valence-electron chi connectivity index (χ0n) is 16.3. The van der Waals surface area contributed by atoms with Gasteiger partial charge in [0.15, 0.2) is 12.0 Å². The minimum atomic E-state index is 0.167. The second-order valence-corrected chi connectivity index (χ2v) is 6.31. The number of halogens is 1. The first kappa shape index (κ1) is 21.0. The molecule has 1 aliphatic heterocycles. The molecular formula is C22H18ClN3O4. The van der Waals surface area contributed by atoms with Crippen LogP contribution in [-0.4, -0.2) is 24.4 Å². The largest absolute Gasteiger partial charge is 0.439 e. The average Bonchev–Trinajstić information content (AvgIpc) is 2.78. The molecule has 3 rings (SSSR count). The van der Waals surface area contributed by atoms with Crippen molar-refractivity contribution in [3.05, 3.63) is 82.8 Å². The number of hydrogen-bond acceptors (Lipinski definition) is 7. The summed E-state index contributed by atoms with van der Waals surface area (Å²) in [5.41, 5.74) is 3.24. The summed E-state index contributed by atoms with van der Waals surface area (Å²) in [7, 11) is 1.44. The van der Waals surface area contributed by atoms with Crippen LogP contribution in [0.25, 0.3) is 0 Å². The Morgan fingerprint density at radius 3 is 2.63 bits per heavy atom. The Morgan fingerprint density at radius 1 is 1.10 bits per heavy atom. The minimum Gasteiger partial charge on any atom is -0.439 e. The lowest BCUT2D eigenvalue weighted by molar-refractivity contribution is 0.130. The van der Waals surface area contributed by atoms with Crippen LogP contribution < -0.4 is 0 Å². The van der Waals surface area contributed by atoms with E-state index in [4.69, 9.17) is 30.9 Å². The Balaban J connectivity index is 1.72. The number of hydrogen-bond donors (Lipinski definition) is 0. The highest BCUT2D eigenvalue weighted by Gasteiger charge is 2.20. The summed E-state index contributed by atoms with van der Waals surface area (Å²) in [6.45, 7) is 1.95. The van der Waals surface area contributed by atoms with Gasteiger partial charge in [-0.3, -0.25) is 0 Å². The molecule has 0 saturated carbocycles. The maximum Gasteiger partial charge on any atom is 0.286 e. The van der Waals surface area contributed by atoms with Gasteiger partial charge in [-0.15, -0.1) is 0 Å². The molecule has 1 aliphatic rings. The molecule has 8 heteroatoms. The molecule has 0 aromatic heterocycles. The summed E-state index contributed by atoms with van der Waals surface area (Å²) in [4.78, 5) is 15.4. The number of benzene rings is 2. The molecule has 2 aromatic carbocycles. The molecule has 0 radical (unpaired) electrons. The van der Waals surface area contributed by atoms with Gasteiger partial charge >= 0.3 is 0 Å². The van der Waals surface area contributed by atoms with Crippen LogP contribution in [-0.2, 0) is 25.9 Å². The van der Waals surface area contributed by atoms with Gasteiger partial charge in [-0.1, -0.05) is 52.1 Å². The second kappa shape index (κ2) is 10.7. The highest BCUT2D eigenvalue weighted by molar-refractivity contribution is 6.45. The molecule has 0 saturated heterocycles. The van der Waals surface area contributed by atoms with Crippen molar-refractivity contribution in [2.45, 2.75) is 13.5 Å². The van der Waals surface area contributed by atoms with Gasteiger partial charge in [-0.25, -0.2) is 0 Å². The zero-order chi connectivity index (χ0) is 21.2. The van der Waals surface area contributed by atoms with Crippen LogP contribution in [0.4, 0.5) is 0 Å². The van der Waals surface area contributed by atoms with Crippen molar-refractivity contribution in [2.24, 2.45) is 15.5 Å². The van der Waals surface area contributed by atoms with Crippen LogP contribution in [0.5, 0.6) is 0 Å². The van der Waals surface area contributed by atoms with Gasteiger partial charge in [0.25, 0.3) is 5.90 Å². The summed E-state index contributed by atoms with van der Waals surface area (Å²) in [6, 6.07) is 14.7. The molecule has 0 N–H and O–H groups in total. The van der Waals surface area contributed by atoms with Gasteiger partial charge < -0.3 is 19.2 Å². The molecule has 0 unspecified atom stereocenters. The lowest BCUT2D eigenvalue weighted by Crippen LogP contribution is -2.21. The van der Waals surface area contributed by atoms with E-state index in [1.54, 1.807) is 19.1 Å². The normalized spacial score (nSPS) is 13.4. The minimum absolute atomic E-state index is 0.167. The SMILES string of the molecule is CO/N=C(/C1=NOC=CO1)c1ccccc1CO/N=C(\C)C#Cc1ccc(Cl)cc1. The van der Waals surface area contributed by atoms with Crippen LogP contribution >= 0.6 is 11.6 Å². The quantitative estimate of drug-likeness (QED) is 0.390. The summed E-state index contributed by atoms with van der Waals surface area (Å²) in [5, 5.41) is 12.6. The predicted molar refractivity (Wildman–Crippen MR) is 115 cm³/mol. The molecule has 2 aromatic rings. The molecule has 0 aliphatic carbocycles. The fraction of sp³-hybridized carbons (Fsp3) is 0.136. The van der Waals surface area contributed by atoms with Crippen molar-refractivity contribution in [3.63, 3.8) is 0 Å². The number of oxime groups is 3. The first-order valence-corrected chi connectivity index (χ1v) is 9.24. The Kier molecular flexibility index (Phi) is 7.47. The topological polar surface area (TPSA) is 74.0 Å². The molecule has 7 nitrogen and oxygen atoms in total. The highest BCUT2D eigenvalue weighted by Crippen LogP contribution is 2.15. The van der Waals surface area contributed by atoms with Crippen molar-refractivity contribution in [1.82, 2.24) is 0 Å². The van der Waals surface area contributed by atoms with E-state index in [1.165, 1.54) is 19.6 Å². The van der Waals surface area contributed by atoms with E-state index in [9.17, 15) is 0 Å². The molecule has 1 heterocycles. The molecular weight excluding hydrogens is 406 g/mol. The third-order valence-corrected chi connectivity index (χ3v) is 3.99. The van der Waals surface area contributed by atoms with Gasteiger partial charge in [0.2, 0.25) is 0 Å². The van der Waals surface area contributed by atoms with Crippen molar-refractivity contribution in [2.75, 3.05) is 7.11 Å². The van der Waals surface area contributed by atoms with Gasteiger partial charge in [-0.05, 0) is 42.3 Å². The van der Waals surface area contributed by atoms with Gasteiger partial charge in [0, 0.05) is 21.7 Å². The number of ether oxygens (including phenoxy) is 1. The summed E-state index contributed by atoms with van der Waals surface area (Å²) in [5.74, 6) is 6.11. The standard InChI is InChI=1S/C22H18ClN3O4/c1-16(7-8-17-9-11-19(23)12-10-17)24-30-15-18-5-3-4-6-20(18)21(25-27-2)22-26-29-14-13-28-22/h3-6,9-14H,15H2,1-2H3/b24-16+,25-21+. The predicted octanol–water partition coefficient (Wildman–Crippen LogP) is 4.47. The molecule has 0 spiro atoms. The monoisotopic (exact) mass is 423 g/mol. The first-order chi connectivity index (χ1) is 14.7. The Morgan fingerprint density at radius 2 is 1.90 bits per heavy atom. The smallest absolute Gasteiger partial charge is 0.286 e. The molecule has 0 fully saturated rings. The third-order valence-electron chi connectivity index (χ3n) is 3.74. The van der Waals surface area contributed by atoms with E-state index in [2.05, 4.69) is 27.3 Å². The summed E-state index contributed by atoms with van der Waals surface area (Å²) in [6.07, 6.45) is 2.67. The average molecular weight is 424 g/mol. The fourth-order valence-electron chi connectivity index (χ4n) is 2.41. The lowest BCUT2D eigenvalue weighted by atomic mass is 10.0. The van der Waals surface area contributed by atoms with Crippen molar-refractivity contribution < 1.29 is 19.2 Å². The molecule has 0 atom stereocenters. The lowest BCUT2D eigenvalue weighted by Gasteiger charge is -2.13. The Hall–Kier alpha value is -3.76. The molecule has 30 heavy (non-hydrogen) atoms. The highest BCUT2D eigenvalue weighted by atomic mass is 35.5. The van der Waals surface area contributed by atoms with E-state index >= 15 is 0 Å². The van der Waals surface area contributed by atoms with E-state index < -0.39 is 0 Å². The Bertz CT molecular complexity index is 1060.